The monoisotopic (exact) mass is 326 g/mol. The summed E-state index contributed by atoms with van der Waals surface area (Å²) in [5.41, 5.74) is 1.66. The molecule has 6 nitrogen and oxygen atoms in total. The molecule has 1 amide bonds. The van der Waals surface area contributed by atoms with Gasteiger partial charge in [-0.25, -0.2) is 8.42 Å². The minimum atomic E-state index is -3.24. The van der Waals surface area contributed by atoms with Gasteiger partial charge in [0.2, 0.25) is 15.9 Å². The van der Waals surface area contributed by atoms with Crippen molar-refractivity contribution in [2.45, 2.75) is 31.8 Å². The number of nitrogens with one attached hydrogen (secondary N) is 2. The van der Waals surface area contributed by atoms with E-state index in [-0.39, 0.29) is 12.0 Å². The highest BCUT2D eigenvalue weighted by Crippen LogP contribution is 2.13. The van der Waals surface area contributed by atoms with E-state index in [2.05, 4.69) is 10.0 Å². The Morgan fingerprint density at radius 2 is 2.05 bits per heavy atom. The minimum absolute atomic E-state index is 0.0230. The first-order valence-electron chi connectivity index (χ1n) is 7.40. The van der Waals surface area contributed by atoms with E-state index >= 15 is 0 Å². The Kier molecular flexibility index (Phi) is 5.79. The molecule has 0 aromatic heterocycles. The van der Waals surface area contributed by atoms with Crippen LogP contribution in [0.1, 0.15) is 24.8 Å². The fourth-order valence-corrected chi connectivity index (χ4v) is 2.92. The number of amides is 1. The Morgan fingerprint density at radius 1 is 1.32 bits per heavy atom. The molecule has 22 heavy (non-hydrogen) atoms. The van der Waals surface area contributed by atoms with Crippen molar-refractivity contribution >= 4 is 21.6 Å². The first-order valence-corrected chi connectivity index (χ1v) is 9.29. The van der Waals surface area contributed by atoms with Crippen LogP contribution < -0.4 is 10.0 Å². The van der Waals surface area contributed by atoms with Crippen LogP contribution in [0.5, 0.6) is 0 Å². The van der Waals surface area contributed by atoms with Gasteiger partial charge in [-0.2, -0.15) is 0 Å². The molecule has 2 rings (SSSR count). The van der Waals surface area contributed by atoms with Crippen LogP contribution in [0, 0.1) is 0 Å². The molecule has 0 aliphatic carbocycles. The highest BCUT2D eigenvalue weighted by Gasteiger charge is 2.22. The van der Waals surface area contributed by atoms with Crippen LogP contribution in [0.4, 0.5) is 5.69 Å². The third-order valence-electron chi connectivity index (χ3n) is 3.42. The Labute approximate surface area is 131 Å². The van der Waals surface area contributed by atoms with Crippen LogP contribution in [-0.2, 0) is 26.0 Å². The van der Waals surface area contributed by atoms with Crippen LogP contribution in [0.25, 0.3) is 0 Å². The van der Waals surface area contributed by atoms with E-state index in [4.69, 9.17) is 4.74 Å². The summed E-state index contributed by atoms with van der Waals surface area (Å²) >= 11 is 0. The van der Waals surface area contributed by atoms with E-state index in [9.17, 15) is 13.2 Å². The average Bonchev–Trinajstić information content (AvgIpc) is 2.97. The highest BCUT2D eigenvalue weighted by atomic mass is 32.2. The van der Waals surface area contributed by atoms with E-state index in [1.54, 1.807) is 12.1 Å². The first kappa shape index (κ1) is 16.8. The summed E-state index contributed by atoms with van der Waals surface area (Å²) in [4.78, 5) is 11.7. The number of anilines is 1. The zero-order valence-corrected chi connectivity index (χ0v) is 13.5. The summed E-state index contributed by atoms with van der Waals surface area (Å²) < 4.78 is 30.0. The minimum Gasteiger partial charge on any atom is -0.368 e. The number of aryl methyl sites for hydroxylation is 1. The Bertz CT molecular complexity index is 592. The van der Waals surface area contributed by atoms with Crippen LogP contribution in [0.2, 0.25) is 0 Å². The number of ether oxygens (including phenoxy) is 1. The predicted molar refractivity (Wildman–Crippen MR) is 85.2 cm³/mol. The lowest BCUT2D eigenvalue weighted by Crippen LogP contribution is -2.34. The molecule has 122 valence electrons. The number of benzene rings is 1. The number of sulfonamides is 1. The third kappa shape index (κ3) is 5.65. The lowest BCUT2D eigenvalue weighted by molar-refractivity contribution is -0.130. The van der Waals surface area contributed by atoms with E-state index in [0.29, 0.717) is 18.8 Å². The van der Waals surface area contributed by atoms with Gasteiger partial charge >= 0.3 is 0 Å². The van der Waals surface area contributed by atoms with Crippen molar-refractivity contribution in [3.8, 4) is 0 Å². The summed E-state index contributed by atoms with van der Waals surface area (Å²) in [7, 11) is -3.24. The highest BCUT2D eigenvalue weighted by molar-refractivity contribution is 7.92. The van der Waals surface area contributed by atoms with Crippen LogP contribution in [-0.4, -0.2) is 39.8 Å². The SMILES string of the molecule is CS(=O)(=O)Nc1ccc(CCCNC(=O)C2CCCO2)cc1. The Hall–Kier alpha value is -1.60. The molecule has 0 bridgehead atoms. The number of carbonyl (C=O) groups excluding carboxylic acids is 1. The molecule has 1 aliphatic rings. The summed E-state index contributed by atoms with van der Waals surface area (Å²) in [6, 6.07) is 7.24. The first-order chi connectivity index (χ1) is 10.4. The van der Waals surface area contributed by atoms with Gasteiger partial charge in [0.25, 0.3) is 0 Å². The van der Waals surface area contributed by atoms with Gasteiger partial charge in [-0.3, -0.25) is 9.52 Å². The van der Waals surface area contributed by atoms with Gasteiger partial charge < -0.3 is 10.1 Å². The molecule has 1 saturated heterocycles. The molecule has 1 aromatic rings. The molecule has 1 unspecified atom stereocenters. The van der Waals surface area contributed by atoms with Crippen molar-refractivity contribution in [2.75, 3.05) is 24.1 Å². The van der Waals surface area contributed by atoms with Gasteiger partial charge in [-0.1, -0.05) is 12.1 Å². The number of carbonyl (C=O) groups is 1. The largest absolute Gasteiger partial charge is 0.368 e. The van der Waals surface area contributed by atoms with Gasteiger partial charge in [0.1, 0.15) is 6.10 Å². The maximum atomic E-state index is 11.7. The molecule has 1 fully saturated rings. The van der Waals surface area contributed by atoms with Gasteiger partial charge in [0.05, 0.1) is 6.26 Å². The fourth-order valence-electron chi connectivity index (χ4n) is 2.36. The van der Waals surface area contributed by atoms with E-state index in [0.717, 1.165) is 37.5 Å². The van der Waals surface area contributed by atoms with Crippen LogP contribution in [0.15, 0.2) is 24.3 Å². The van der Waals surface area contributed by atoms with Crippen molar-refractivity contribution in [3.05, 3.63) is 29.8 Å². The molecule has 2 N–H and O–H groups in total. The van der Waals surface area contributed by atoms with Gasteiger partial charge in [0, 0.05) is 18.8 Å². The third-order valence-corrected chi connectivity index (χ3v) is 4.03. The average molecular weight is 326 g/mol. The molecule has 0 saturated carbocycles. The lowest BCUT2D eigenvalue weighted by Gasteiger charge is -2.10. The summed E-state index contributed by atoms with van der Waals surface area (Å²) in [5.74, 6) is -0.0230. The fraction of sp³-hybridized carbons (Fsp3) is 0.533. The smallest absolute Gasteiger partial charge is 0.249 e. The zero-order valence-electron chi connectivity index (χ0n) is 12.7. The second-order valence-corrected chi connectivity index (χ2v) is 7.22. The lowest BCUT2D eigenvalue weighted by atomic mass is 10.1. The van der Waals surface area contributed by atoms with Crippen LogP contribution >= 0.6 is 0 Å². The Balaban J connectivity index is 1.69. The van der Waals surface area contributed by atoms with Crippen molar-refractivity contribution in [2.24, 2.45) is 0 Å². The van der Waals surface area contributed by atoms with Crippen molar-refractivity contribution in [1.29, 1.82) is 0 Å². The molecule has 1 heterocycles. The normalized spacial score (nSPS) is 18.1. The quantitative estimate of drug-likeness (QED) is 0.739. The second kappa shape index (κ2) is 7.60. The number of rotatable bonds is 7. The van der Waals surface area contributed by atoms with Crippen molar-refractivity contribution in [3.63, 3.8) is 0 Å². The predicted octanol–water partition coefficient (Wildman–Crippen LogP) is 1.29. The number of hydrogen-bond acceptors (Lipinski definition) is 4. The van der Waals surface area contributed by atoms with Crippen LogP contribution in [0.3, 0.4) is 0 Å². The van der Waals surface area contributed by atoms with E-state index in [1.807, 2.05) is 12.1 Å². The number of hydrogen-bond donors (Lipinski definition) is 2. The standard InChI is InChI=1S/C15H22N2O4S/c1-22(19,20)17-13-8-6-12(7-9-13)4-2-10-16-15(18)14-5-3-11-21-14/h6-9,14,17H,2-5,10-11H2,1H3,(H,16,18). The molecule has 7 heteroatoms. The molecule has 1 aliphatic heterocycles. The molecular formula is C15H22N2O4S. The van der Waals surface area contributed by atoms with Gasteiger partial charge in [0.15, 0.2) is 0 Å². The maximum Gasteiger partial charge on any atom is 0.249 e. The molecular weight excluding hydrogens is 304 g/mol. The Morgan fingerprint density at radius 3 is 2.64 bits per heavy atom. The van der Waals surface area contributed by atoms with E-state index in [1.165, 1.54) is 0 Å². The molecule has 0 radical (unpaired) electrons. The van der Waals surface area contributed by atoms with Crippen molar-refractivity contribution in [1.82, 2.24) is 5.32 Å². The maximum absolute atomic E-state index is 11.7. The molecule has 1 aromatic carbocycles. The molecule has 1 atom stereocenters. The van der Waals surface area contributed by atoms with Gasteiger partial charge in [-0.15, -0.1) is 0 Å². The van der Waals surface area contributed by atoms with Crippen molar-refractivity contribution < 1.29 is 17.9 Å². The van der Waals surface area contributed by atoms with E-state index < -0.39 is 10.0 Å². The second-order valence-electron chi connectivity index (χ2n) is 5.47. The molecule has 0 spiro atoms. The zero-order chi connectivity index (χ0) is 16.0. The summed E-state index contributed by atoms with van der Waals surface area (Å²) in [6.45, 7) is 1.29. The summed E-state index contributed by atoms with van der Waals surface area (Å²) in [6.07, 6.45) is 4.26. The summed E-state index contributed by atoms with van der Waals surface area (Å²) in [5, 5.41) is 2.88. The topological polar surface area (TPSA) is 84.5 Å². The van der Waals surface area contributed by atoms with Gasteiger partial charge in [-0.05, 0) is 43.4 Å².